The van der Waals surface area contributed by atoms with E-state index in [0.717, 1.165) is 49.7 Å². The number of hydrogen-bond donors (Lipinski definition) is 1. The summed E-state index contributed by atoms with van der Waals surface area (Å²) in [5.74, 6) is 0.602. The lowest BCUT2D eigenvalue weighted by molar-refractivity contribution is 0.00192. The lowest BCUT2D eigenvalue weighted by atomic mass is 9.92. The summed E-state index contributed by atoms with van der Waals surface area (Å²) in [7, 11) is 0. The van der Waals surface area contributed by atoms with Crippen molar-refractivity contribution in [3.8, 4) is 0 Å². The van der Waals surface area contributed by atoms with Gasteiger partial charge in [0.2, 0.25) is 0 Å². The lowest BCUT2D eigenvalue weighted by Gasteiger charge is -2.38. The molecule has 0 spiro atoms. The van der Waals surface area contributed by atoms with Crippen molar-refractivity contribution >= 4 is 17.2 Å². The second-order valence-corrected chi connectivity index (χ2v) is 6.62. The number of carbonyl (C=O) groups excluding carboxylic acids is 1. The molecule has 1 aliphatic heterocycles. The molecular formula is C16H27N3O2S. The molecule has 1 amide bonds. The largest absolute Gasteiger partial charge is 0.379 e. The summed E-state index contributed by atoms with van der Waals surface area (Å²) in [5.41, 5.74) is 2.54. The number of aryl methyl sites for hydroxylation is 1. The summed E-state index contributed by atoms with van der Waals surface area (Å²) in [6, 6.07) is 0.385. The van der Waals surface area contributed by atoms with Crippen LogP contribution in [0.2, 0.25) is 0 Å². The highest BCUT2D eigenvalue weighted by Crippen LogP contribution is 2.20. The van der Waals surface area contributed by atoms with Crippen molar-refractivity contribution in [3.05, 3.63) is 16.1 Å². The van der Waals surface area contributed by atoms with Gasteiger partial charge < -0.3 is 10.1 Å². The Bertz CT molecular complexity index is 468. The Balaban J connectivity index is 1.99. The van der Waals surface area contributed by atoms with Crippen molar-refractivity contribution in [1.82, 2.24) is 15.2 Å². The molecule has 6 heteroatoms. The van der Waals surface area contributed by atoms with Gasteiger partial charge in [-0.2, -0.15) is 0 Å². The molecule has 22 heavy (non-hydrogen) atoms. The Hall–Kier alpha value is -0.980. The van der Waals surface area contributed by atoms with Crippen LogP contribution in [0.15, 0.2) is 5.51 Å². The van der Waals surface area contributed by atoms with E-state index in [9.17, 15) is 4.79 Å². The van der Waals surface area contributed by atoms with E-state index in [2.05, 4.69) is 29.0 Å². The molecule has 1 aromatic heterocycles. The smallest absolute Gasteiger partial charge is 0.263 e. The van der Waals surface area contributed by atoms with E-state index in [1.165, 1.54) is 11.3 Å². The topological polar surface area (TPSA) is 54.5 Å². The summed E-state index contributed by atoms with van der Waals surface area (Å²) >= 11 is 1.41. The minimum atomic E-state index is 0.00390. The molecule has 0 aliphatic carbocycles. The predicted octanol–water partition coefficient (Wildman–Crippen LogP) is 2.32. The highest BCUT2D eigenvalue weighted by Gasteiger charge is 2.27. The first-order chi connectivity index (χ1) is 10.7. The number of nitrogens with zero attached hydrogens (tertiary/aromatic N) is 2. The zero-order chi connectivity index (χ0) is 15.9. The Morgan fingerprint density at radius 2 is 2.09 bits per heavy atom. The van der Waals surface area contributed by atoms with Crippen molar-refractivity contribution in [2.24, 2.45) is 5.92 Å². The second kappa shape index (κ2) is 8.60. The SMILES string of the molecule is CCC(CC)[C@@H](CNC(=O)c1scnc1C)N1CCOCC1. The number of aromatic nitrogens is 1. The van der Waals surface area contributed by atoms with Crippen LogP contribution in [-0.2, 0) is 4.74 Å². The molecule has 2 rings (SSSR count). The molecule has 1 aromatic rings. The fourth-order valence-electron chi connectivity index (χ4n) is 3.13. The minimum absolute atomic E-state index is 0.00390. The molecule has 0 bridgehead atoms. The second-order valence-electron chi connectivity index (χ2n) is 5.77. The van der Waals surface area contributed by atoms with Crippen LogP contribution in [0.25, 0.3) is 0 Å². The summed E-state index contributed by atoms with van der Waals surface area (Å²) in [6.07, 6.45) is 2.27. The standard InChI is InChI=1S/C16H27N3O2S/c1-4-13(5-2)14(19-6-8-21-9-7-19)10-17-16(20)15-12(3)18-11-22-15/h11,13-14H,4-10H2,1-3H3,(H,17,20)/t14-/m1/s1. The maximum Gasteiger partial charge on any atom is 0.263 e. The van der Waals surface area contributed by atoms with Gasteiger partial charge in [0.15, 0.2) is 0 Å². The summed E-state index contributed by atoms with van der Waals surface area (Å²) in [6.45, 7) is 10.5. The van der Waals surface area contributed by atoms with Crippen LogP contribution in [0, 0.1) is 12.8 Å². The van der Waals surface area contributed by atoms with Crippen LogP contribution < -0.4 is 5.32 Å². The third kappa shape index (κ3) is 4.27. The van der Waals surface area contributed by atoms with Crippen molar-refractivity contribution in [1.29, 1.82) is 0 Å². The quantitative estimate of drug-likeness (QED) is 0.836. The van der Waals surface area contributed by atoms with Gasteiger partial charge in [-0.3, -0.25) is 9.69 Å². The van der Waals surface area contributed by atoms with Crippen LogP contribution in [-0.4, -0.2) is 54.7 Å². The lowest BCUT2D eigenvalue weighted by Crippen LogP contribution is -2.52. The first-order valence-electron chi connectivity index (χ1n) is 8.17. The number of hydrogen-bond acceptors (Lipinski definition) is 5. The number of rotatable bonds is 7. The molecule has 1 saturated heterocycles. The summed E-state index contributed by atoms with van der Waals surface area (Å²) in [4.78, 5) is 19.7. The Morgan fingerprint density at radius 3 is 2.64 bits per heavy atom. The molecule has 1 atom stereocenters. The molecule has 2 heterocycles. The van der Waals surface area contributed by atoms with Gasteiger partial charge in [0.05, 0.1) is 24.4 Å². The Labute approximate surface area is 137 Å². The molecule has 1 fully saturated rings. The molecule has 1 aliphatic rings. The molecule has 0 radical (unpaired) electrons. The number of ether oxygens (including phenoxy) is 1. The molecule has 0 saturated carbocycles. The van der Waals surface area contributed by atoms with Gasteiger partial charge in [-0.15, -0.1) is 11.3 Å². The number of nitrogens with one attached hydrogen (secondary N) is 1. The molecule has 0 unspecified atom stereocenters. The zero-order valence-corrected chi connectivity index (χ0v) is 14.6. The van der Waals surface area contributed by atoms with E-state index < -0.39 is 0 Å². The fraction of sp³-hybridized carbons (Fsp3) is 0.750. The van der Waals surface area contributed by atoms with Crippen LogP contribution in [0.5, 0.6) is 0 Å². The molecule has 124 valence electrons. The maximum absolute atomic E-state index is 12.3. The molecule has 5 nitrogen and oxygen atoms in total. The van der Waals surface area contributed by atoms with Crippen LogP contribution >= 0.6 is 11.3 Å². The first kappa shape index (κ1) is 17.4. The van der Waals surface area contributed by atoms with Crippen molar-refractivity contribution in [3.63, 3.8) is 0 Å². The zero-order valence-electron chi connectivity index (χ0n) is 13.8. The van der Waals surface area contributed by atoms with E-state index in [-0.39, 0.29) is 5.91 Å². The predicted molar refractivity (Wildman–Crippen MR) is 89.4 cm³/mol. The average molecular weight is 325 g/mol. The number of thiazole rings is 1. The van der Waals surface area contributed by atoms with Crippen LogP contribution in [0.4, 0.5) is 0 Å². The fourth-order valence-corrected chi connectivity index (χ4v) is 3.85. The normalized spacial score (nSPS) is 17.6. The van der Waals surface area contributed by atoms with E-state index in [1.54, 1.807) is 5.51 Å². The highest BCUT2D eigenvalue weighted by molar-refractivity contribution is 7.11. The highest BCUT2D eigenvalue weighted by atomic mass is 32.1. The van der Waals surface area contributed by atoms with E-state index in [4.69, 9.17) is 4.74 Å². The van der Waals surface area contributed by atoms with Crippen LogP contribution in [0.1, 0.15) is 42.1 Å². The van der Waals surface area contributed by atoms with Gasteiger partial charge in [-0.1, -0.05) is 26.7 Å². The van der Waals surface area contributed by atoms with E-state index in [1.807, 2.05) is 6.92 Å². The van der Waals surface area contributed by atoms with Gasteiger partial charge in [0, 0.05) is 25.7 Å². The van der Waals surface area contributed by atoms with Crippen molar-refractivity contribution in [2.75, 3.05) is 32.8 Å². The van der Waals surface area contributed by atoms with Gasteiger partial charge in [-0.25, -0.2) is 4.98 Å². The third-order valence-corrected chi connectivity index (χ3v) is 5.46. The number of carbonyl (C=O) groups is 1. The first-order valence-corrected chi connectivity index (χ1v) is 9.05. The summed E-state index contributed by atoms with van der Waals surface area (Å²) < 4.78 is 5.46. The minimum Gasteiger partial charge on any atom is -0.379 e. The third-order valence-electron chi connectivity index (χ3n) is 4.53. The van der Waals surface area contributed by atoms with E-state index >= 15 is 0 Å². The molecule has 1 N–H and O–H groups in total. The van der Waals surface area contributed by atoms with Gasteiger partial charge in [-0.05, 0) is 12.8 Å². The monoisotopic (exact) mass is 325 g/mol. The number of amides is 1. The molecular weight excluding hydrogens is 298 g/mol. The van der Waals surface area contributed by atoms with Crippen LogP contribution in [0.3, 0.4) is 0 Å². The van der Waals surface area contributed by atoms with Crippen molar-refractivity contribution in [2.45, 2.75) is 39.7 Å². The van der Waals surface area contributed by atoms with Gasteiger partial charge in [0.1, 0.15) is 4.88 Å². The van der Waals surface area contributed by atoms with Crippen molar-refractivity contribution < 1.29 is 9.53 Å². The average Bonchev–Trinajstić information content (AvgIpc) is 2.98. The summed E-state index contributed by atoms with van der Waals surface area (Å²) in [5, 5.41) is 3.12. The Morgan fingerprint density at radius 1 is 1.41 bits per heavy atom. The van der Waals surface area contributed by atoms with Gasteiger partial charge in [0.25, 0.3) is 5.91 Å². The Kier molecular flexibility index (Phi) is 6.79. The van der Waals surface area contributed by atoms with E-state index in [0.29, 0.717) is 18.5 Å². The number of morpholine rings is 1. The molecule has 0 aromatic carbocycles. The van der Waals surface area contributed by atoms with Gasteiger partial charge >= 0.3 is 0 Å². The maximum atomic E-state index is 12.3.